The molecule has 0 saturated carbocycles. The maximum Gasteiger partial charge on any atom is 0.319 e. The van der Waals surface area contributed by atoms with Gasteiger partial charge in [0.05, 0.1) is 10.6 Å². The number of thioether (sulfide) groups is 1. The van der Waals surface area contributed by atoms with Gasteiger partial charge in [0.1, 0.15) is 11.1 Å². The standard InChI is InChI=1S/C13H16N4O2S/c1-13(2,12(18)19)20-10-7-16-8-17-11(10)9(5-14-3)6-15-4/h5-8H,3H2,1-2,4H3,(H,18,19)/b9-5+,15-6-. The van der Waals surface area contributed by atoms with Crippen molar-refractivity contribution in [3.8, 4) is 0 Å². The van der Waals surface area contributed by atoms with Crippen LogP contribution in [0.1, 0.15) is 19.5 Å². The van der Waals surface area contributed by atoms with Crippen LogP contribution in [-0.2, 0) is 4.79 Å². The van der Waals surface area contributed by atoms with E-state index in [2.05, 4.69) is 26.7 Å². The van der Waals surface area contributed by atoms with Crippen molar-refractivity contribution < 1.29 is 9.90 Å². The van der Waals surface area contributed by atoms with Gasteiger partial charge in [-0.3, -0.25) is 14.8 Å². The quantitative estimate of drug-likeness (QED) is 0.641. The molecule has 0 aliphatic heterocycles. The molecular formula is C13H16N4O2S. The van der Waals surface area contributed by atoms with Crippen molar-refractivity contribution in [1.29, 1.82) is 0 Å². The van der Waals surface area contributed by atoms with Crippen LogP contribution in [0.25, 0.3) is 5.57 Å². The molecule has 0 fully saturated rings. The zero-order chi connectivity index (χ0) is 15.2. The van der Waals surface area contributed by atoms with Gasteiger partial charge >= 0.3 is 5.97 Å². The average Bonchev–Trinajstić information content (AvgIpc) is 2.38. The van der Waals surface area contributed by atoms with Crippen LogP contribution in [0.3, 0.4) is 0 Å². The third-order valence-corrected chi connectivity index (χ3v) is 3.53. The summed E-state index contributed by atoms with van der Waals surface area (Å²) in [4.78, 5) is 27.7. The van der Waals surface area contributed by atoms with Gasteiger partial charge in [-0.2, -0.15) is 0 Å². The molecule has 0 saturated heterocycles. The molecule has 1 heterocycles. The molecule has 0 aromatic carbocycles. The highest BCUT2D eigenvalue weighted by Gasteiger charge is 2.30. The minimum absolute atomic E-state index is 0.581. The third-order valence-electron chi connectivity index (χ3n) is 2.33. The number of allylic oxidation sites excluding steroid dienone is 1. The van der Waals surface area contributed by atoms with E-state index in [4.69, 9.17) is 0 Å². The van der Waals surface area contributed by atoms with E-state index in [1.807, 2.05) is 0 Å². The van der Waals surface area contributed by atoms with E-state index in [1.54, 1.807) is 33.3 Å². The summed E-state index contributed by atoms with van der Waals surface area (Å²) in [5.41, 5.74) is 1.23. The van der Waals surface area contributed by atoms with Crippen LogP contribution in [0, 0.1) is 0 Å². The number of carboxylic acids is 1. The van der Waals surface area contributed by atoms with Gasteiger partial charge in [-0.15, -0.1) is 11.8 Å². The number of carboxylic acid groups (broad SMARTS) is 1. The number of nitrogens with zero attached hydrogens (tertiary/aromatic N) is 4. The Morgan fingerprint density at radius 1 is 1.55 bits per heavy atom. The molecule has 1 N–H and O–H groups in total. The lowest BCUT2D eigenvalue weighted by atomic mass is 10.2. The SMILES string of the molecule is C=N/C=C(\C=N/C)c1ncncc1SC(C)(C)C(=O)O. The van der Waals surface area contributed by atoms with Crippen LogP contribution in [0.15, 0.2) is 33.6 Å². The predicted molar refractivity (Wildman–Crippen MR) is 81.5 cm³/mol. The van der Waals surface area contributed by atoms with Crippen LogP contribution in [0.5, 0.6) is 0 Å². The predicted octanol–water partition coefficient (Wildman–Crippen LogP) is 2.17. The van der Waals surface area contributed by atoms with E-state index < -0.39 is 10.7 Å². The Morgan fingerprint density at radius 3 is 2.80 bits per heavy atom. The first-order chi connectivity index (χ1) is 9.42. The Bertz CT molecular complexity index is 567. The minimum atomic E-state index is -0.991. The van der Waals surface area contributed by atoms with E-state index >= 15 is 0 Å². The van der Waals surface area contributed by atoms with Crippen molar-refractivity contribution >= 4 is 36.2 Å². The van der Waals surface area contributed by atoms with Crippen molar-refractivity contribution in [2.24, 2.45) is 9.98 Å². The molecule has 6 nitrogen and oxygen atoms in total. The van der Waals surface area contributed by atoms with Crippen molar-refractivity contribution in [1.82, 2.24) is 9.97 Å². The van der Waals surface area contributed by atoms with Crippen molar-refractivity contribution in [2.75, 3.05) is 7.05 Å². The van der Waals surface area contributed by atoms with Crippen LogP contribution < -0.4 is 0 Å². The van der Waals surface area contributed by atoms with Gasteiger partial charge in [0.15, 0.2) is 0 Å². The van der Waals surface area contributed by atoms with Crippen LogP contribution in [0.4, 0.5) is 0 Å². The van der Waals surface area contributed by atoms with E-state index in [9.17, 15) is 9.90 Å². The zero-order valence-electron chi connectivity index (χ0n) is 11.6. The summed E-state index contributed by atoms with van der Waals surface area (Å²) in [6, 6.07) is 0. The first kappa shape index (κ1) is 16.0. The molecule has 0 spiro atoms. The smallest absolute Gasteiger partial charge is 0.319 e. The average molecular weight is 292 g/mol. The summed E-state index contributed by atoms with van der Waals surface area (Å²) in [6.07, 6.45) is 6.09. The van der Waals surface area contributed by atoms with Gasteiger partial charge in [-0.05, 0) is 20.6 Å². The number of hydrogen-bond donors (Lipinski definition) is 1. The van der Waals surface area contributed by atoms with Gasteiger partial charge in [-0.25, -0.2) is 9.97 Å². The number of aliphatic carboxylic acids is 1. The molecule has 7 heteroatoms. The van der Waals surface area contributed by atoms with Crippen LogP contribution >= 0.6 is 11.8 Å². The topological polar surface area (TPSA) is 87.8 Å². The molecule has 0 atom stereocenters. The lowest BCUT2D eigenvalue weighted by Crippen LogP contribution is -2.27. The molecule has 0 aliphatic rings. The number of carbonyl (C=O) groups is 1. The third kappa shape index (κ3) is 3.99. The summed E-state index contributed by atoms with van der Waals surface area (Å²) >= 11 is 1.17. The second-order valence-corrected chi connectivity index (χ2v) is 5.97. The maximum absolute atomic E-state index is 11.2. The molecule has 1 aromatic rings. The molecule has 0 aliphatic carbocycles. The lowest BCUT2D eigenvalue weighted by molar-refractivity contribution is -0.138. The molecule has 1 aromatic heterocycles. The fourth-order valence-electron chi connectivity index (χ4n) is 1.32. The summed E-state index contributed by atoms with van der Waals surface area (Å²) in [5.74, 6) is -0.908. The zero-order valence-corrected chi connectivity index (χ0v) is 12.4. The van der Waals surface area contributed by atoms with Crippen LogP contribution in [-0.4, -0.2) is 45.8 Å². The van der Waals surface area contributed by atoms with Crippen molar-refractivity contribution in [3.63, 3.8) is 0 Å². The normalized spacial score (nSPS) is 12.7. The highest BCUT2D eigenvalue weighted by atomic mass is 32.2. The molecule has 0 amide bonds. The fraction of sp³-hybridized carbons (Fsp3) is 0.308. The first-order valence-electron chi connectivity index (χ1n) is 5.73. The lowest BCUT2D eigenvalue weighted by Gasteiger charge is -2.19. The van der Waals surface area contributed by atoms with E-state index in [0.29, 0.717) is 16.2 Å². The summed E-state index contributed by atoms with van der Waals surface area (Å²) in [7, 11) is 1.63. The van der Waals surface area contributed by atoms with Crippen molar-refractivity contribution in [3.05, 3.63) is 24.4 Å². The maximum atomic E-state index is 11.2. The second kappa shape index (κ2) is 6.95. The van der Waals surface area contributed by atoms with E-state index in [-0.39, 0.29) is 0 Å². The second-order valence-electron chi connectivity index (χ2n) is 4.31. The Morgan fingerprint density at radius 2 is 2.25 bits per heavy atom. The van der Waals surface area contributed by atoms with Gasteiger partial charge in [-0.1, -0.05) is 0 Å². The first-order valence-corrected chi connectivity index (χ1v) is 6.55. The van der Waals surface area contributed by atoms with Crippen molar-refractivity contribution in [2.45, 2.75) is 23.5 Å². The molecule has 20 heavy (non-hydrogen) atoms. The summed E-state index contributed by atoms with van der Waals surface area (Å²) in [6.45, 7) is 6.66. The van der Waals surface area contributed by atoms with Gasteiger partial charge < -0.3 is 5.11 Å². The highest BCUT2D eigenvalue weighted by molar-refractivity contribution is 8.01. The Labute approximate surface area is 121 Å². The summed E-state index contributed by atoms with van der Waals surface area (Å²) in [5, 5.41) is 9.21. The highest BCUT2D eigenvalue weighted by Crippen LogP contribution is 2.35. The number of aliphatic imine (C=N–C) groups is 2. The van der Waals surface area contributed by atoms with Gasteiger partial charge in [0.25, 0.3) is 0 Å². The Balaban J connectivity index is 3.26. The molecule has 0 radical (unpaired) electrons. The molecule has 0 bridgehead atoms. The number of rotatable bonds is 6. The number of hydrogen-bond acceptors (Lipinski definition) is 6. The Hall–Kier alpha value is -2.02. The molecule has 0 unspecified atom stereocenters. The molecule has 106 valence electrons. The molecular weight excluding hydrogens is 276 g/mol. The monoisotopic (exact) mass is 292 g/mol. The van der Waals surface area contributed by atoms with Gasteiger partial charge in [0, 0.05) is 31.2 Å². The van der Waals surface area contributed by atoms with Crippen LogP contribution in [0.2, 0.25) is 0 Å². The fourth-order valence-corrected chi connectivity index (χ4v) is 2.34. The largest absolute Gasteiger partial charge is 0.480 e. The van der Waals surface area contributed by atoms with E-state index in [1.165, 1.54) is 24.3 Å². The summed E-state index contributed by atoms with van der Waals surface area (Å²) < 4.78 is -0.991. The van der Waals surface area contributed by atoms with Gasteiger partial charge in [0.2, 0.25) is 0 Å². The number of aromatic nitrogens is 2. The minimum Gasteiger partial charge on any atom is -0.480 e. The Kier molecular flexibility index (Phi) is 5.57. The molecule has 1 rings (SSSR count). The van der Waals surface area contributed by atoms with E-state index in [0.717, 1.165) is 0 Å².